The number of fused-ring (bicyclic) bond motifs is 2. The Bertz CT molecular complexity index is 461. The molecule has 1 aliphatic heterocycles. The Labute approximate surface area is 111 Å². The highest BCUT2D eigenvalue weighted by atomic mass is 15.0. The summed E-state index contributed by atoms with van der Waals surface area (Å²) in [5.41, 5.74) is 4.60. The summed E-state index contributed by atoms with van der Waals surface area (Å²) in [7, 11) is 0. The van der Waals surface area contributed by atoms with Crippen molar-refractivity contribution in [3.05, 3.63) is 29.3 Å². The highest BCUT2D eigenvalue weighted by Crippen LogP contribution is 2.49. The molecule has 0 saturated heterocycles. The van der Waals surface area contributed by atoms with Crippen LogP contribution in [-0.2, 0) is 5.41 Å². The molecule has 1 saturated carbocycles. The summed E-state index contributed by atoms with van der Waals surface area (Å²) >= 11 is 0. The van der Waals surface area contributed by atoms with Gasteiger partial charge in [0, 0.05) is 11.7 Å². The monoisotopic (exact) mass is 243 g/mol. The van der Waals surface area contributed by atoms with Crippen LogP contribution in [0.15, 0.2) is 18.2 Å². The summed E-state index contributed by atoms with van der Waals surface area (Å²) in [4.78, 5) is 0. The van der Waals surface area contributed by atoms with E-state index in [9.17, 15) is 0 Å². The van der Waals surface area contributed by atoms with Crippen LogP contribution in [0.5, 0.6) is 0 Å². The van der Waals surface area contributed by atoms with E-state index in [0.717, 1.165) is 11.8 Å². The molecular weight excluding hydrogens is 218 g/mol. The molecule has 1 aromatic carbocycles. The van der Waals surface area contributed by atoms with Crippen LogP contribution < -0.4 is 5.32 Å². The van der Waals surface area contributed by atoms with E-state index in [4.69, 9.17) is 0 Å². The first-order valence-electron chi connectivity index (χ1n) is 7.36. The van der Waals surface area contributed by atoms with Gasteiger partial charge in [0.1, 0.15) is 0 Å². The second kappa shape index (κ2) is 4.01. The van der Waals surface area contributed by atoms with Gasteiger partial charge in [-0.1, -0.05) is 44.9 Å². The minimum absolute atomic E-state index is 0.317. The van der Waals surface area contributed by atoms with Crippen molar-refractivity contribution in [3.8, 4) is 0 Å². The molecule has 0 radical (unpaired) electrons. The second-order valence-corrected chi connectivity index (χ2v) is 7.05. The molecule has 0 spiro atoms. The maximum absolute atomic E-state index is 3.81. The van der Waals surface area contributed by atoms with Crippen molar-refractivity contribution in [2.45, 2.75) is 58.4 Å². The van der Waals surface area contributed by atoms with Crippen molar-refractivity contribution in [2.75, 3.05) is 5.32 Å². The molecule has 3 atom stereocenters. The molecule has 1 nitrogen and oxygen atoms in total. The molecule has 98 valence electrons. The minimum Gasteiger partial charge on any atom is -0.382 e. The Kier molecular flexibility index (Phi) is 2.69. The summed E-state index contributed by atoms with van der Waals surface area (Å²) in [6.07, 6.45) is 4.11. The van der Waals surface area contributed by atoms with Crippen LogP contribution in [0.3, 0.4) is 0 Å². The van der Waals surface area contributed by atoms with Gasteiger partial charge in [0.15, 0.2) is 0 Å². The Morgan fingerprint density at radius 3 is 2.78 bits per heavy atom. The Hall–Kier alpha value is -0.980. The third-order valence-electron chi connectivity index (χ3n) is 5.25. The summed E-state index contributed by atoms with van der Waals surface area (Å²) in [5, 5.41) is 3.81. The molecule has 0 amide bonds. The third-order valence-corrected chi connectivity index (χ3v) is 5.25. The van der Waals surface area contributed by atoms with Crippen molar-refractivity contribution >= 4 is 5.69 Å². The van der Waals surface area contributed by atoms with E-state index in [2.05, 4.69) is 51.2 Å². The van der Waals surface area contributed by atoms with Crippen LogP contribution in [0.2, 0.25) is 0 Å². The van der Waals surface area contributed by atoms with E-state index in [1.54, 1.807) is 0 Å². The second-order valence-electron chi connectivity index (χ2n) is 7.05. The first-order chi connectivity index (χ1) is 8.48. The zero-order valence-electron chi connectivity index (χ0n) is 12.1. The topological polar surface area (TPSA) is 12.0 Å². The number of hydrogen-bond acceptors (Lipinski definition) is 1. The van der Waals surface area contributed by atoms with Crippen LogP contribution in [-0.4, -0.2) is 6.04 Å². The summed E-state index contributed by atoms with van der Waals surface area (Å²) in [6, 6.07) is 7.58. The smallest absolute Gasteiger partial charge is 0.0380 e. The quantitative estimate of drug-likeness (QED) is 0.707. The molecule has 1 heterocycles. The molecule has 1 heteroatoms. The lowest BCUT2D eigenvalue weighted by Crippen LogP contribution is -2.49. The van der Waals surface area contributed by atoms with Crippen LogP contribution in [0.1, 0.15) is 51.2 Å². The molecule has 1 aliphatic carbocycles. The lowest BCUT2D eigenvalue weighted by atomic mass is 9.61. The molecular formula is C17H25N. The molecule has 1 fully saturated rings. The number of nitrogens with one attached hydrogen (secondary N) is 1. The normalized spacial score (nSPS) is 33.2. The van der Waals surface area contributed by atoms with E-state index in [0.29, 0.717) is 11.5 Å². The minimum atomic E-state index is 0.317. The van der Waals surface area contributed by atoms with Gasteiger partial charge in [-0.2, -0.15) is 0 Å². The SMILES string of the molecule is Cc1ccc2c(c1)C(C)(C)[C@H]1CC[C@@H](C)C[C@@H]1N2. The summed E-state index contributed by atoms with van der Waals surface area (Å²) < 4.78 is 0. The maximum Gasteiger partial charge on any atom is 0.0380 e. The Morgan fingerprint density at radius 2 is 2.00 bits per heavy atom. The Morgan fingerprint density at radius 1 is 1.22 bits per heavy atom. The molecule has 18 heavy (non-hydrogen) atoms. The van der Waals surface area contributed by atoms with Gasteiger partial charge in [-0.05, 0) is 48.6 Å². The fourth-order valence-corrected chi connectivity index (χ4v) is 4.12. The number of anilines is 1. The van der Waals surface area contributed by atoms with Gasteiger partial charge in [-0.15, -0.1) is 0 Å². The summed E-state index contributed by atoms with van der Waals surface area (Å²) in [6.45, 7) is 9.49. The molecule has 0 aromatic heterocycles. The van der Waals surface area contributed by atoms with E-state index in [1.807, 2.05) is 0 Å². The summed E-state index contributed by atoms with van der Waals surface area (Å²) in [5.74, 6) is 1.67. The Balaban J connectivity index is 2.04. The maximum atomic E-state index is 3.81. The molecule has 2 aliphatic rings. The number of hydrogen-bond donors (Lipinski definition) is 1. The van der Waals surface area contributed by atoms with Gasteiger partial charge in [0.05, 0.1) is 0 Å². The molecule has 3 rings (SSSR count). The highest BCUT2D eigenvalue weighted by Gasteiger charge is 2.44. The fourth-order valence-electron chi connectivity index (χ4n) is 4.12. The van der Waals surface area contributed by atoms with E-state index < -0.39 is 0 Å². The van der Waals surface area contributed by atoms with Crippen LogP contribution in [0.4, 0.5) is 5.69 Å². The highest BCUT2D eigenvalue weighted by molar-refractivity contribution is 5.59. The van der Waals surface area contributed by atoms with Crippen LogP contribution >= 0.6 is 0 Å². The number of aryl methyl sites for hydroxylation is 1. The lowest BCUT2D eigenvalue weighted by Gasteiger charge is -2.50. The molecule has 0 unspecified atom stereocenters. The van der Waals surface area contributed by atoms with E-state index in [1.165, 1.54) is 36.1 Å². The fraction of sp³-hybridized carbons (Fsp3) is 0.647. The van der Waals surface area contributed by atoms with Crippen molar-refractivity contribution < 1.29 is 0 Å². The van der Waals surface area contributed by atoms with Crippen molar-refractivity contribution in [3.63, 3.8) is 0 Å². The van der Waals surface area contributed by atoms with E-state index in [-0.39, 0.29) is 0 Å². The van der Waals surface area contributed by atoms with Crippen LogP contribution in [0.25, 0.3) is 0 Å². The van der Waals surface area contributed by atoms with Gasteiger partial charge in [-0.3, -0.25) is 0 Å². The average molecular weight is 243 g/mol. The molecule has 1 aromatic rings. The third kappa shape index (κ3) is 1.75. The van der Waals surface area contributed by atoms with Gasteiger partial charge in [0.2, 0.25) is 0 Å². The average Bonchev–Trinajstić information content (AvgIpc) is 2.30. The predicted molar refractivity (Wildman–Crippen MR) is 78.1 cm³/mol. The molecule has 1 N–H and O–H groups in total. The van der Waals surface area contributed by atoms with Crippen molar-refractivity contribution in [1.82, 2.24) is 0 Å². The first-order valence-corrected chi connectivity index (χ1v) is 7.36. The van der Waals surface area contributed by atoms with Crippen LogP contribution in [0, 0.1) is 18.8 Å². The van der Waals surface area contributed by atoms with Gasteiger partial charge >= 0.3 is 0 Å². The van der Waals surface area contributed by atoms with Gasteiger partial charge < -0.3 is 5.32 Å². The molecule has 0 bridgehead atoms. The van der Waals surface area contributed by atoms with Gasteiger partial charge in [-0.25, -0.2) is 0 Å². The predicted octanol–water partition coefficient (Wildman–Crippen LogP) is 4.50. The van der Waals surface area contributed by atoms with Crippen molar-refractivity contribution in [1.29, 1.82) is 0 Å². The number of benzene rings is 1. The van der Waals surface area contributed by atoms with Gasteiger partial charge in [0.25, 0.3) is 0 Å². The lowest BCUT2D eigenvalue weighted by molar-refractivity contribution is 0.174. The largest absolute Gasteiger partial charge is 0.382 e. The zero-order chi connectivity index (χ0) is 12.9. The van der Waals surface area contributed by atoms with Crippen molar-refractivity contribution in [2.24, 2.45) is 11.8 Å². The standard InChI is InChI=1S/C17H25N/c1-11-6-8-15-14(9-11)17(3,4)13-7-5-12(2)10-16(13)18-15/h6,8-9,12-13,16,18H,5,7,10H2,1-4H3/t12-,13+,16+/m1/s1. The zero-order valence-corrected chi connectivity index (χ0v) is 12.1. The van der Waals surface area contributed by atoms with E-state index >= 15 is 0 Å². The number of rotatable bonds is 0. The first kappa shape index (κ1) is 12.1.